The lowest BCUT2D eigenvalue weighted by Crippen LogP contribution is -2.25. The zero-order chi connectivity index (χ0) is 16.8. The average Bonchev–Trinajstić information content (AvgIpc) is 3.24. The molecule has 1 unspecified atom stereocenters. The largest absolute Gasteiger partial charge is 0.354 e. The third-order valence-corrected chi connectivity index (χ3v) is 6.28. The Balaban J connectivity index is 1.44. The predicted octanol–water partition coefficient (Wildman–Crippen LogP) is 3.19. The fraction of sp³-hybridized carbons (Fsp3) is 0.650. The quantitative estimate of drug-likeness (QED) is 0.844. The van der Waals surface area contributed by atoms with Crippen LogP contribution in [0.3, 0.4) is 0 Å². The summed E-state index contributed by atoms with van der Waals surface area (Å²) in [7, 11) is 0. The van der Waals surface area contributed by atoms with Crippen molar-refractivity contribution < 1.29 is 0 Å². The summed E-state index contributed by atoms with van der Waals surface area (Å²) in [4.78, 5) is 16.6. The zero-order valence-electron chi connectivity index (χ0n) is 15.2. The van der Waals surface area contributed by atoms with Crippen LogP contribution >= 0.6 is 0 Å². The van der Waals surface area contributed by atoms with E-state index in [1.165, 1.54) is 79.2 Å². The first-order chi connectivity index (χ1) is 12.3. The highest BCUT2D eigenvalue weighted by molar-refractivity contribution is 5.50. The van der Waals surface area contributed by atoms with Gasteiger partial charge in [0, 0.05) is 30.0 Å². The molecule has 1 atom stereocenters. The number of anilines is 1. The maximum absolute atomic E-state index is 4.88. The predicted molar refractivity (Wildman–Crippen MR) is 98.1 cm³/mol. The van der Waals surface area contributed by atoms with E-state index in [1.807, 2.05) is 0 Å². The topological polar surface area (TPSA) is 46.8 Å². The first-order valence-electron chi connectivity index (χ1n) is 9.95. The number of imidazole rings is 1. The first-order valence-corrected chi connectivity index (χ1v) is 9.95. The van der Waals surface area contributed by atoms with Gasteiger partial charge >= 0.3 is 0 Å². The molecule has 0 radical (unpaired) electrons. The number of fused-ring (bicyclic) bond motifs is 2. The summed E-state index contributed by atoms with van der Waals surface area (Å²) in [5.41, 5.74) is 5.58. The monoisotopic (exact) mass is 337 g/mol. The Morgan fingerprint density at radius 3 is 2.68 bits per heavy atom. The Morgan fingerprint density at radius 1 is 0.960 bits per heavy atom. The van der Waals surface area contributed by atoms with Crippen molar-refractivity contribution in [3.05, 3.63) is 34.8 Å². The summed E-state index contributed by atoms with van der Waals surface area (Å²) in [6, 6.07) is 0.545. The van der Waals surface area contributed by atoms with Crippen LogP contribution in [-0.2, 0) is 25.7 Å². The summed E-state index contributed by atoms with van der Waals surface area (Å²) in [6.07, 6.45) is 12.8. The Kier molecular flexibility index (Phi) is 3.75. The molecule has 132 valence electrons. The van der Waals surface area contributed by atoms with Crippen LogP contribution in [-0.4, -0.2) is 32.6 Å². The van der Waals surface area contributed by atoms with E-state index < -0.39 is 0 Å². The fourth-order valence-corrected chi connectivity index (χ4v) is 5.10. The third-order valence-electron chi connectivity index (χ3n) is 6.28. The van der Waals surface area contributed by atoms with Crippen molar-refractivity contribution in [1.29, 1.82) is 0 Å². The minimum Gasteiger partial charge on any atom is -0.354 e. The van der Waals surface area contributed by atoms with Gasteiger partial charge in [-0.2, -0.15) is 0 Å². The molecule has 5 heteroatoms. The Bertz CT molecular complexity index is 794. The van der Waals surface area contributed by atoms with Crippen LogP contribution in [0.15, 0.2) is 6.33 Å². The van der Waals surface area contributed by atoms with E-state index in [0.717, 1.165) is 25.9 Å². The fourth-order valence-electron chi connectivity index (χ4n) is 5.10. The van der Waals surface area contributed by atoms with Crippen LogP contribution in [0.2, 0.25) is 0 Å². The Morgan fingerprint density at radius 2 is 1.76 bits per heavy atom. The van der Waals surface area contributed by atoms with Crippen molar-refractivity contribution in [2.45, 2.75) is 70.8 Å². The van der Waals surface area contributed by atoms with Gasteiger partial charge < -0.3 is 9.47 Å². The number of aromatic nitrogens is 4. The highest BCUT2D eigenvalue weighted by Gasteiger charge is 2.31. The van der Waals surface area contributed by atoms with Gasteiger partial charge in [-0.1, -0.05) is 0 Å². The molecule has 1 aliphatic heterocycles. The molecule has 25 heavy (non-hydrogen) atoms. The van der Waals surface area contributed by atoms with Crippen molar-refractivity contribution in [2.24, 2.45) is 0 Å². The van der Waals surface area contributed by atoms with Crippen molar-refractivity contribution in [2.75, 3.05) is 18.0 Å². The van der Waals surface area contributed by atoms with Crippen LogP contribution in [0.5, 0.6) is 0 Å². The number of hydrogen-bond acceptors (Lipinski definition) is 4. The van der Waals surface area contributed by atoms with Gasteiger partial charge in [-0.3, -0.25) is 0 Å². The van der Waals surface area contributed by atoms with E-state index in [2.05, 4.69) is 26.4 Å². The van der Waals surface area contributed by atoms with Crippen LogP contribution < -0.4 is 4.90 Å². The van der Waals surface area contributed by atoms with Gasteiger partial charge in [-0.05, 0) is 64.7 Å². The number of nitrogens with zero attached hydrogens (tertiary/aromatic N) is 5. The molecule has 0 spiro atoms. The van der Waals surface area contributed by atoms with Crippen molar-refractivity contribution in [3.8, 4) is 0 Å². The summed E-state index contributed by atoms with van der Waals surface area (Å²) < 4.78 is 2.56. The van der Waals surface area contributed by atoms with E-state index in [1.54, 1.807) is 6.33 Å². The zero-order valence-corrected chi connectivity index (χ0v) is 15.2. The maximum atomic E-state index is 4.88. The molecule has 0 N–H and O–H groups in total. The van der Waals surface area contributed by atoms with E-state index in [4.69, 9.17) is 4.98 Å². The van der Waals surface area contributed by atoms with E-state index in [9.17, 15) is 0 Å². The lowest BCUT2D eigenvalue weighted by molar-refractivity contribution is 0.504. The molecule has 0 bridgehead atoms. The average molecular weight is 337 g/mol. The molecular weight excluding hydrogens is 310 g/mol. The minimum absolute atomic E-state index is 0.545. The highest BCUT2D eigenvalue weighted by atomic mass is 15.3. The second-order valence-corrected chi connectivity index (χ2v) is 7.85. The summed E-state index contributed by atoms with van der Waals surface area (Å²) in [5.74, 6) is 2.42. The van der Waals surface area contributed by atoms with Gasteiger partial charge in [-0.25, -0.2) is 15.0 Å². The standard InChI is InChI=1S/C20H27N5/c1-14-23-18-8-4-5-9-19(18)25(14)15-10-11-24(12-15)20-16-6-2-3-7-17(16)21-13-22-20/h13,15H,2-12H2,1H3. The summed E-state index contributed by atoms with van der Waals surface area (Å²) >= 11 is 0. The first kappa shape index (κ1) is 15.4. The molecule has 3 aliphatic rings. The summed E-state index contributed by atoms with van der Waals surface area (Å²) in [6.45, 7) is 4.35. The van der Waals surface area contributed by atoms with E-state index in [0.29, 0.717) is 6.04 Å². The second-order valence-electron chi connectivity index (χ2n) is 7.85. The number of hydrogen-bond donors (Lipinski definition) is 0. The lowest BCUT2D eigenvalue weighted by Gasteiger charge is -2.25. The third kappa shape index (κ3) is 2.55. The molecule has 0 aromatic carbocycles. The van der Waals surface area contributed by atoms with Gasteiger partial charge in [0.25, 0.3) is 0 Å². The lowest BCUT2D eigenvalue weighted by atomic mass is 9.96. The Labute approximate surface area is 149 Å². The van der Waals surface area contributed by atoms with Crippen LogP contribution in [0.1, 0.15) is 66.6 Å². The maximum Gasteiger partial charge on any atom is 0.135 e. The van der Waals surface area contributed by atoms with E-state index in [-0.39, 0.29) is 0 Å². The van der Waals surface area contributed by atoms with Crippen LogP contribution in [0.4, 0.5) is 5.82 Å². The molecule has 1 fully saturated rings. The molecule has 5 nitrogen and oxygen atoms in total. The molecule has 1 saturated heterocycles. The van der Waals surface area contributed by atoms with Gasteiger partial charge in [0.15, 0.2) is 0 Å². The smallest absolute Gasteiger partial charge is 0.135 e. The minimum atomic E-state index is 0.545. The number of aryl methyl sites for hydroxylation is 3. The number of rotatable bonds is 2. The van der Waals surface area contributed by atoms with Gasteiger partial charge in [0.2, 0.25) is 0 Å². The van der Waals surface area contributed by atoms with Crippen molar-refractivity contribution >= 4 is 5.82 Å². The van der Waals surface area contributed by atoms with Crippen molar-refractivity contribution in [1.82, 2.24) is 19.5 Å². The SMILES string of the molecule is Cc1nc2c(n1C1CCN(c3ncnc4c3CCCC4)C1)CCCC2. The van der Waals surface area contributed by atoms with Gasteiger partial charge in [-0.15, -0.1) is 0 Å². The van der Waals surface area contributed by atoms with Gasteiger partial charge in [0.1, 0.15) is 18.0 Å². The van der Waals surface area contributed by atoms with Crippen LogP contribution in [0.25, 0.3) is 0 Å². The van der Waals surface area contributed by atoms with Crippen molar-refractivity contribution in [3.63, 3.8) is 0 Å². The molecule has 5 rings (SSSR count). The molecule has 0 amide bonds. The van der Waals surface area contributed by atoms with E-state index >= 15 is 0 Å². The Hall–Kier alpha value is -1.91. The molecular formula is C20H27N5. The molecule has 2 aromatic heterocycles. The highest BCUT2D eigenvalue weighted by Crippen LogP contribution is 2.34. The summed E-state index contributed by atoms with van der Waals surface area (Å²) in [5, 5.41) is 0. The molecule has 2 aromatic rings. The van der Waals surface area contributed by atoms with Gasteiger partial charge in [0.05, 0.1) is 11.7 Å². The molecule has 0 saturated carbocycles. The second kappa shape index (κ2) is 6.11. The molecule has 3 heterocycles. The van der Waals surface area contributed by atoms with Crippen LogP contribution in [0, 0.1) is 6.92 Å². The molecule has 2 aliphatic carbocycles. The normalized spacial score (nSPS) is 22.8.